The Hall–Kier alpha value is -2.72. The lowest BCUT2D eigenvalue weighted by atomic mass is 9.89. The molecule has 3 aliphatic rings. The number of halogens is 1. The number of fused-ring (bicyclic) bond motifs is 2. The molecule has 3 fully saturated rings. The number of nitrogens with zero attached hydrogens (tertiary/aromatic N) is 4. The van der Waals surface area contributed by atoms with Crippen LogP contribution in [0.4, 0.5) is 10.3 Å². The van der Waals surface area contributed by atoms with E-state index in [1.165, 1.54) is 17.3 Å². The first-order valence-corrected chi connectivity index (χ1v) is 13.7. The lowest BCUT2D eigenvalue weighted by Crippen LogP contribution is -2.42. The van der Waals surface area contributed by atoms with Crippen molar-refractivity contribution in [1.82, 2.24) is 19.9 Å². The molecular formula is C29H36FN5O3. The molecule has 0 bridgehead atoms. The predicted octanol–water partition coefficient (Wildman–Crippen LogP) is 3.90. The van der Waals surface area contributed by atoms with Gasteiger partial charge in [-0.2, -0.15) is 0 Å². The molecule has 2 aromatic heterocycles. The lowest BCUT2D eigenvalue weighted by Gasteiger charge is -2.28. The van der Waals surface area contributed by atoms with Crippen LogP contribution >= 0.6 is 0 Å². The summed E-state index contributed by atoms with van der Waals surface area (Å²) in [5.74, 6) is 1.35. The summed E-state index contributed by atoms with van der Waals surface area (Å²) in [6, 6.07) is 3.62. The van der Waals surface area contributed by atoms with Gasteiger partial charge < -0.3 is 19.9 Å². The van der Waals surface area contributed by atoms with Crippen molar-refractivity contribution < 1.29 is 19.0 Å². The van der Waals surface area contributed by atoms with Crippen LogP contribution in [0.25, 0.3) is 22.2 Å². The topological polar surface area (TPSA) is 92.6 Å². The van der Waals surface area contributed by atoms with Gasteiger partial charge in [0, 0.05) is 55.2 Å². The van der Waals surface area contributed by atoms with E-state index in [2.05, 4.69) is 34.0 Å². The summed E-state index contributed by atoms with van der Waals surface area (Å²) in [5, 5.41) is 14.5. The highest BCUT2D eigenvalue weighted by molar-refractivity contribution is 5.92. The number of aliphatic hydroxyl groups excluding tert-OH is 1. The van der Waals surface area contributed by atoms with Gasteiger partial charge in [-0.1, -0.05) is 19.9 Å². The van der Waals surface area contributed by atoms with E-state index >= 15 is 4.39 Å². The van der Waals surface area contributed by atoms with Crippen LogP contribution < -0.4 is 5.32 Å². The van der Waals surface area contributed by atoms with Gasteiger partial charge in [0.2, 0.25) is 5.95 Å². The molecular weight excluding hydrogens is 485 g/mol. The maximum Gasteiger partial charge on any atom is 0.223 e. The summed E-state index contributed by atoms with van der Waals surface area (Å²) < 4.78 is 26.1. The van der Waals surface area contributed by atoms with Crippen LogP contribution in [0.5, 0.6) is 0 Å². The minimum absolute atomic E-state index is 0.240. The van der Waals surface area contributed by atoms with Gasteiger partial charge in [-0.05, 0) is 42.0 Å². The van der Waals surface area contributed by atoms with Gasteiger partial charge in [-0.3, -0.25) is 9.88 Å². The molecule has 9 heteroatoms. The van der Waals surface area contributed by atoms with Crippen molar-refractivity contribution in [2.75, 3.05) is 44.8 Å². The van der Waals surface area contributed by atoms with Gasteiger partial charge in [0.05, 0.1) is 43.7 Å². The standard InChI is InChI=1S/C29H36FN5O3/c1-16(2)26-18(10-35-11-19-13-38-14-20(19)12-35)8-31-24-5-4-21(17(3)27(24)26)28-22(30)9-32-29(34-28)33-23-6-7-37-15-25(23)36/h4-5,8-9,16,19-20,23,25,36H,6-7,10-15H2,1-3H3,(H,32,33,34)/t19-,20+,23-,25-/m1/s1. The van der Waals surface area contributed by atoms with Crippen molar-refractivity contribution in [2.24, 2.45) is 11.8 Å². The maximum absolute atomic E-state index is 15.2. The van der Waals surface area contributed by atoms with Crippen LogP contribution in [0.1, 0.15) is 42.9 Å². The monoisotopic (exact) mass is 521 g/mol. The Bertz CT molecular complexity index is 1320. The Morgan fingerprint density at radius 3 is 2.63 bits per heavy atom. The fraction of sp³-hybridized carbons (Fsp3) is 0.552. The van der Waals surface area contributed by atoms with Gasteiger partial charge in [0.25, 0.3) is 0 Å². The second-order valence-electron chi connectivity index (χ2n) is 11.3. The van der Waals surface area contributed by atoms with Crippen molar-refractivity contribution in [1.29, 1.82) is 0 Å². The number of ether oxygens (including phenoxy) is 2. The molecule has 8 nitrogen and oxygen atoms in total. The third-order valence-corrected chi connectivity index (χ3v) is 8.35. The molecule has 0 spiro atoms. The molecule has 4 atom stereocenters. The fourth-order valence-electron chi connectivity index (χ4n) is 6.40. The summed E-state index contributed by atoms with van der Waals surface area (Å²) in [6.45, 7) is 12.0. The van der Waals surface area contributed by atoms with Crippen molar-refractivity contribution in [3.05, 3.63) is 47.0 Å². The number of aliphatic hydroxyl groups is 1. The van der Waals surface area contributed by atoms with Crippen LogP contribution in [0.15, 0.2) is 24.5 Å². The molecule has 3 saturated heterocycles. The Balaban J connectivity index is 1.36. The molecule has 6 rings (SSSR count). The highest BCUT2D eigenvalue weighted by atomic mass is 19.1. The smallest absolute Gasteiger partial charge is 0.223 e. The Labute approximate surface area is 222 Å². The molecule has 1 aromatic carbocycles. The number of hydrogen-bond acceptors (Lipinski definition) is 8. The highest BCUT2D eigenvalue weighted by Crippen LogP contribution is 2.37. The van der Waals surface area contributed by atoms with Crippen LogP contribution in [-0.2, 0) is 16.0 Å². The minimum atomic E-state index is -0.663. The van der Waals surface area contributed by atoms with Crippen LogP contribution in [-0.4, -0.2) is 76.6 Å². The third-order valence-electron chi connectivity index (χ3n) is 8.35. The Kier molecular flexibility index (Phi) is 7.03. The van der Waals surface area contributed by atoms with E-state index in [1.807, 2.05) is 25.3 Å². The summed E-state index contributed by atoms with van der Waals surface area (Å²) in [7, 11) is 0. The number of aromatic nitrogens is 3. The number of anilines is 1. The molecule has 0 aliphatic carbocycles. The molecule has 38 heavy (non-hydrogen) atoms. The van der Waals surface area contributed by atoms with Crippen molar-refractivity contribution >= 4 is 16.9 Å². The molecule has 0 amide bonds. The quantitative estimate of drug-likeness (QED) is 0.505. The second-order valence-corrected chi connectivity index (χ2v) is 11.3. The van der Waals surface area contributed by atoms with E-state index in [1.54, 1.807) is 0 Å². The fourth-order valence-corrected chi connectivity index (χ4v) is 6.40. The van der Waals surface area contributed by atoms with E-state index in [4.69, 9.17) is 14.5 Å². The van der Waals surface area contributed by atoms with Gasteiger partial charge >= 0.3 is 0 Å². The SMILES string of the molecule is Cc1c(-c2nc(N[C@@H]3CCOC[C@H]3O)ncc2F)ccc2ncc(CN3C[C@H]4COC[C@H]4C3)c(C(C)C)c12. The maximum atomic E-state index is 15.2. The van der Waals surface area contributed by atoms with E-state index in [9.17, 15) is 5.11 Å². The number of pyridine rings is 1. The van der Waals surface area contributed by atoms with Crippen LogP contribution in [0, 0.1) is 24.6 Å². The zero-order chi connectivity index (χ0) is 26.4. The van der Waals surface area contributed by atoms with Crippen molar-refractivity contribution in [3.63, 3.8) is 0 Å². The largest absolute Gasteiger partial charge is 0.389 e. The number of rotatable bonds is 6. The van der Waals surface area contributed by atoms with E-state index in [-0.39, 0.29) is 24.3 Å². The predicted molar refractivity (Wildman–Crippen MR) is 143 cm³/mol. The molecule has 202 valence electrons. The third kappa shape index (κ3) is 4.77. The van der Waals surface area contributed by atoms with E-state index in [0.29, 0.717) is 30.8 Å². The number of hydrogen-bond donors (Lipinski definition) is 2. The van der Waals surface area contributed by atoms with E-state index < -0.39 is 11.9 Å². The van der Waals surface area contributed by atoms with Gasteiger partial charge in [-0.25, -0.2) is 14.4 Å². The number of benzene rings is 1. The lowest BCUT2D eigenvalue weighted by molar-refractivity contribution is -0.0136. The summed E-state index contributed by atoms with van der Waals surface area (Å²) >= 11 is 0. The number of likely N-dealkylation sites (tertiary alicyclic amines) is 1. The summed E-state index contributed by atoms with van der Waals surface area (Å²) in [5.41, 5.74) is 5.33. The highest BCUT2D eigenvalue weighted by Gasteiger charge is 2.37. The molecule has 2 N–H and O–H groups in total. The van der Waals surface area contributed by atoms with E-state index in [0.717, 1.165) is 54.9 Å². The van der Waals surface area contributed by atoms with Gasteiger partial charge in [0.15, 0.2) is 5.82 Å². The average Bonchev–Trinajstić information content (AvgIpc) is 3.49. The zero-order valence-corrected chi connectivity index (χ0v) is 22.3. The molecule has 3 aromatic rings. The van der Waals surface area contributed by atoms with Gasteiger partial charge in [0.1, 0.15) is 5.69 Å². The normalized spacial score (nSPS) is 25.8. The molecule has 5 heterocycles. The number of aryl methyl sites for hydroxylation is 1. The van der Waals surface area contributed by atoms with Gasteiger partial charge in [-0.15, -0.1) is 0 Å². The first-order valence-electron chi connectivity index (χ1n) is 13.7. The first-order chi connectivity index (χ1) is 18.4. The van der Waals surface area contributed by atoms with Crippen LogP contribution in [0.2, 0.25) is 0 Å². The number of nitrogens with one attached hydrogen (secondary N) is 1. The first kappa shape index (κ1) is 25.6. The molecule has 0 saturated carbocycles. The zero-order valence-electron chi connectivity index (χ0n) is 22.3. The Morgan fingerprint density at radius 1 is 1.11 bits per heavy atom. The summed E-state index contributed by atoms with van der Waals surface area (Å²) in [6.07, 6.45) is 3.19. The Morgan fingerprint density at radius 2 is 1.89 bits per heavy atom. The molecule has 3 aliphatic heterocycles. The summed E-state index contributed by atoms with van der Waals surface area (Å²) in [4.78, 5) is 16.1. The van der Waals surface area contributed by atoms with Crippen molar-refractivity contribution in [3.8, 4) is 11.3 Å². The minimum Gasteiger partial charge on any atom is -0.389 e. The average molecular weight is 522 g/mol. The van der Waals surface area contributed by atoms with Crippen molar-refractivity contribution in [2.45, 2.75) is 51.8 Å². The second kappa shape index (κ2) is 10.4. The van der Waals surface area contributed by atoms with Crippen LogP contribution in [0.3, 0.4) is 0 Å². The molecule has 0 radical (unpaired) electrons. The molecule has 0 unspecified atom stereocenters.